The number of nitrogens with zero attached hydrogens (tertiary/aromatic N) is 3. The van der Waals surface area contributed by atoms with Crippen molar-refractivity contribution in [1.29, 1.82) is 0 Å². The third kappa shape index (κ3) is 3.48. The molecular formula is C19H25N3O. The lowest BCUT2D eigenvalue weighted by Crippen LogP contribution is -2.42. The monoisotopic (exact) mass is 311 g/mol. The normalized spacial score (nSPS) is 17.0. The largest absolute Gasteiger partial charge is 0.487 e. The van der Waals surface area contributed by atoms with E-state index < -0.39 is 0 Å². The molecule has 0 fully saturated rings. The van der Waals surface area contributed by atoms with E-state index in [0.29, 0.717) is 6.61 Å². The van der Waals surface area contributed by atoms with Gasteiger partial charge in [0.25, 0.3) is 0 Å². The van der Waals surface area contributed by atoms with Crippen molar-refractivity contribution < 1.29 is 4.74 Å². The maximum absolute atomic E-state index is 5.96. The molecule has 3 rings (SSSR count). The van der Waals surface area contributed by atoms with E-state index in [4.69, 9.17) is 4.74 Å². The molecule has 1 aromatic heterocycles. The maximum Gasteiger partial charge on any atom is 0.172 e. The van der Waals surface area contributed by atoms with Gasteiger partial charge in [0, 0.05) is 19.3 Å². The number of aromatic nitrogens is 1. The summed E-state index contributed by atoms with van der Waals surface area (Å²) in [6.07, 6.45) is 1.85. The Bertz CT molecular complexity index is 613. The third-order valence-electron chi connectivity index (χ3n) is 4.53. The van der Waals surface area contributed by atoms with Gasteiger partial charge in [-0.3, -0.25) is 0 Å². The average molecular weight is 311 g/mol. The number of hydrogen-bond donors (Lipinski definition) is 0. The van der Waals surface area contributed by atoms with Crippen LogP contribution in [-0.4, -0.2) is 42.7 Å². The third-order valence-corrected chi connectivity index (χ3v) is 4.53. The van der Waals surface area contributed by atoms with Gasteiger partial charge >= 0.3 is 0 Å². The lowest BCUT2D eigenvalue weighted by atomic mass is 10.0. The minimum atomic E-state index is 0.217. The smallest absolute Gasteiger partial charge is 0.172 e. The SMILES string of the molecule is CCN(CC)CCN1c2ncccc2OCC1c1ccccc1. The zero-order chi connectivity index (χ0) is 16.1. The quantitative estimate of drug-likeness (QED) is 0.818. The summed E-state index contributed by atoms with van der Waals surface area (Å²) in [5.74, 6) is 1.85. The summed E-state index contributed by atoms with van der Waals surface area (Å²) < 4.78 is 5.96. The number of likely N-dealkylation sites (N-methyl/N-ethyl adjacent to an activating group) is 1. The molecule has 122 valence electrons. The van der Waals surface area contributed by atoms with Crippen LogP contribution in [0.25, 0.3) is 0 Å². The number of ether oxygens (including phenoxy) is 1. The molecule has 0 spiro atoms. The van der Waals surface area contributed by atoms with E-state index in [1.165, 1.54) is 5.56 Å². The minimum Gasteiger partial charge on any atom is -0.487 e. The Hall–Kier alpha value is -2.07. The summed E-state index contributed by atoms with van der Waals surface area (Å²) in [5.41, 5.74) is 1.28. The van der Waals surface area contributed by atoms with Crippen LogP contribution in [0.15, 0.2) is 48.7 Å². The number of pyridine rings is 1. The molecule has 0 aliphatic carbocycles. The van der Waals surface area contributed by atoms with Gasteiger partial charge in [-0.15, -0.1) is 0 Å². The van der Waals surface area contributed by atoms with Crippen LogP contribution in [-0.2, 0) is 0 Å². The number of fused-ring (bicyclic) bond motifs is 1. The van der Waals surface area contributed by atoms with Crippen molar-refractivity contribution >= 4 is 5.82 Å². The van der Waals surface area contributed by atoms with E-state index in [1.54, 1.807) is 0 Å². The van der Waals surface area contributed by atoms with Gasteiger partial charge in [-0.2, -0.15) is 0 Å². The molecule has 0 saturated carbocycles. The van der Waals surface area contributed by atoms with Gasteiger partial charge in [-0.05, 0) is 30.8 Å². The molecule has 0 bridgehead atoms. The van der Waals surface area contributed by atoms with Gasteiger partial charge < -0.3 is 14.5 Å². The molecule has 1 unspecified atom stereocenters. The van der Waals surface area contributed by atoms with Crippen LogP contribution in [0.3, 0.4) is 0 Å². The second-order valence-electron chi connectivity index (χ2n) is 5.78. The zero-order valence-corrected chi connectivity index (χ0v) is 14.0. The van der Waals surface area contributed by atoms with E-state index >= 15 is 0 Å². The molecule has 1 atom stereocenters. The first kappa shape index (κ1) is 15.8. The molecule has 1 aliphatic rings. The van der Waals surface area contributed by atoms with Crippen LogP contribution in [0.5, 0.6) is 5.75 Å². The average Bonchev–Trinajstić information content (AvgIpc) is 2.63. The van der Waals surface area contributed by atoms with Crippen LogP contribution >= 0.6 is 0 Å². The molecular weight excluding hydrogens is 286 g/mol. The molecule has 1 aromatic carbocycles. The Morgan fingerprint density at radius 2 is 1.91 bits per heavy atom. The number of rotatable bonds is 6. The standard InChI is InChI=1S/C19H25N3O/c1-3-21(4-2)13-14-22-17(16-9-6-5-7-10-16)15-23-18-11-8-12-20-19(18)22/h5-12,17H,3-4,13-15H2,1-2H3. The second kappa shape index (κ2) is 7.47. The summed E-state index contributed by atoms with van der Waals surface area (Å²) in [6, 6.07) is 14.7. The van der Waals surface area contributed by atoms with E-state index in [0.717, 1.165) is 37.7 Å². The maximum atomic E-state index is 5.96. The molecule has 0 saturated heterocycles. The Morgan fingerprint density at radius 3 is 2.65 bits per heavy atom. The Morgan fingerprint density at radius 1 is 1.13 bits per heavy atom. The topological polar surface area (TPSA) is 28.6 Å². The zero-order valence-electron chi connectivity index (χ0n) is 14.0. The van der Waals surface area contributed by atoms with Crippen LogP contribution in [0.4, 0.5) is 5.82 Å². The molecule has 4 nitrogen and oxygen atoms in total. The molecule has 0 radical (unpaired) electrons. The van der Waals surface area contributed by atoms with Crippen molar-refractivity contribution in [2.45, 2.75) is 19.9 Å². The first-order valence-electron chi connectivity index (χ1n) is 8.45. The molecule has 0 amide bonds. The van der Waals surface area contributed by atoms with Gasteiger partial charge in [0.2, 0.25) is 0 Å². The molecule has 1 aliphatic heterocycles. The van der Waals surface area contributed by atoms with Crippen molar-refractivity contribution in [1.82, 2.24) is 9.88 Å². The van der Waals surface area contributed by atoms with Gasteiger partial charge in [0.15, 0.2) is 11.6 Å². The lowest BCUT2D eigenvalue weighted by molar-refractivity contribution is 0.249. The van der Waals surface area contributed by atoms with Crippen molar-refractivity contribution in [2.24, 2.45) is 0 Å². The number of benzene rings is 1. The van der Waals surface area contributed by atoms with Crippen molar-refractivity contribution in [3.05, 3.63) is 54.2 Å². The summed E-state index contributed by atoms with van der Waals surface area (Å²) in [7, 11) is 0. The second-order valence-corrected chi connectivity index (χ2v) is 5.78. The van der Waals surface area contributed by atoms with Crippen molar-refractivity contribution in [2.75, 3.05) is 37.7 Å². The van der Waals surface area contributed by atoms with Crippen LogP contribution < -0.4 is 9.64 Å². The van der Waals surface area contributed by atoms with Crippen molar-refractivity contribution in [3.8, 4) is 5.75 Å². The summed E-state index contributed by atoms with van der Waals surface area (Å²) in [5, 5.41) is 0. The van der Waals surface area contributed by atoms with Gasteiger partial charge in [0.05, 0.1) is 6.04 Å². The van der Waals surface area contributed by atoms with Crippen LogP contribution in [0.1, 0.15) is 25.5 Å². The Balaban J connectivity index is 1.87. The molecule has 23 heavy (non-hydrogen) atoms. The van der Waals surface area contributed by atoms with Gasteiger partial charge in [-0.25, -0.2) is 4.98 Å². The van der Waals surface area contributed by atoms with E-state index in [-0.39, 0.29) is 6.04 Å². The van der Waals surface area contributed by atoms with E-state index in [1.807, 2.05) is 18.3 Å². The van der Waals surface area contributed by atoms with E-state index in [2.05, 4.69) is 59.0 Å². The number of hydrogen-bond acceptors (Lipinski definition) is 4. The fourth-order valence-electron chi connectivity index (χ4n) is 3.12. The van der Waals surface area contributed by atoms with Gasteiger partial charge in [0.1, 0.15) is 6.61 Å². The highest BCUT2D eigenvalue weighted by atomic mass is 16.5. The highest BCUT2D eigenvalue weighted by molar-refractivity contribution is 5.56. The Kier molecular flexibility index (Phi) is 5.13. The summed E-state index contributed by atoms with van der Waals surface area (Å²) in [4.78, 5) is 9.43. The van der Waals surface area contributed by atoms with E-state index in [9.17, 15) is 0 Å². The predicted molar refractivity (Wildman–Crippen MR) is 94.0 cm³/mol. The number of anilines is 1. The molecule has 0 N–H and O–H groups in total. The van der Waals surface area contributed by atoms with Gasteiger partial charge in [-0.1, -0.05) is 44.2 Å². The first-order valence-corrected chi connectivity index (χ1v) is 8.45. The molecule has 2 aromatic rings. The lowest BCUT2D eigenvalue weighted by Gasteiger charge is -2.38. The summed E-state index contributed by atoms with van der Waals surface area (Å²) in [6.45, 7) is 9.23. The highest BCUT2D eigenvalue weighted by Gasteiger charge is 2.29. The molecule has 4 heteroatoms. The van der Waals surface area contributed by atoms with Crippen LogP contribution in [0, 0.1) is 0 Å². The molecule has 2 heterocycles. The fourth-order valence-corrected chi connectivity index (χ4v) is 3.12. The summed E-state index contributed by atoms with van der Waals surface area (Å²) >= 11 is 0. The highest BCUT2D eigenvalue weighted by Crippen LogP contribution is 2.37. The van der Waals surface area contributed by atoms with Crippen LogP contribution in [0.2, 0.25) is 0 Å². The Labute approximate surface area is 138 Å². The first-order chi connectivity index (χ1) is 11.3. The van der Waals surface area contributed by atoms with Crippen molar-refractivity contribution in [3.63, 3.8) is 0 Å². The fraction of sp³-hybridized carbons (Fsp3) is 0.421. The predicted octanol–water partition coefficient (Wildman–Crippen LogP) is 3.36. The minimum absolute atomic E-state index is 0.217.